The summed E-state index contributed by atoms with van der Waals surface area (Å²) in [5.74, 6) is 3.73. The molecule has 1 aliphatic heterocycles. The zero-order valence-corrected chi connectivity index (χ0v) is 12.8. The molecule has 0 unspecified atom stereocenters. The van der Waals surface area contributed by atoms with Gasteiger partial charge < -0.3 is 14.2 Å². The third kappa shape index (κ3) is 3.88. The number of morpholine rings is 1. The zero-order valence-electron chi connectivity index (χ0n) is 12.0. The molecule has 1 saturated heterocycles. The fourth-order valence-electron chi connectivity index (χ4n) is 1.89. The normalized spacial score (nSPS) is 15.9. The maximum atomic E-state index is 12.1. The highest BCUT2D eigenvalue weighted by atomic mass is 32.2. The highest BCUT2D eigenvalue weighted by Gasteiger charge is 2.22. The number of ether oxygens (including phenoxy) is 3. The van der Waals surface area contributed by atoms with E-state index in [0.29, 0.717) is 43.4 Å². The maximum absolute atomic E-state index is 12.1. The predicted octanol–water partition coefficient (Wildman–Crippen LogP) is 0.675. The molecule has 0 saturated carbocycles. The van der Waals surface area contributed by atoms with E-state index in [0.717, 1.165) is 0 Å². The summed E-state index contributed by atoms with van der Waals surface area (Å²) in [6.45, 7) is 1.47. The molecule has 0 bridgehead atoms. The highest BCUT2D eigenvalue weighted by Crippen LogP contribution is 2.27. The minimum Gasteiger partial charge on any atom is -0.493 e. The summed E-state index contributed by atoms with van der Waals surface area (Å²) in [5.41, 5.74) is 0.546. The second-order valence-electron chi connectivity index (χ2n) is 4.31. The molecule has 6 nitrogen and oxygen atoms in total. The molecule has 2 rings (SSSR count). The van der Waals surface area contributed by atoms with Crippen LogP contribution in [-0.2, 0) is 14.8 Å². The molecule has 114 valence electrons. The molecule has 0 aromatic heterocycles. The second kappa shape index (κ2) is 6.80. The molecular weight excluding hydrogens is 294 g/mol. The minimum atomic E-state index is -3.60. The maximum Gasteiger partial charge on any atom is 0.283 e. The molecular formula is C14H17NO5S. The molecule has 0 aliphatic carbocycles. The Kier molecular flexibility index (Phi) is 5.07. The van der Waals surface area contributed by atoms with Gasteiger partial charge in [-0.05, 0) is 24.1 Å². The van der Waals surface area contributed by atoms with Crippen molar-refractivity contribution in [3.05, 3.63) is 23.8 Å². The molecule has 0 radical (unpaired) electrons. The SMILES string of the molecule is COc1ccc(C#CS(=O)(=O)N2CCOCC2)cc1OC. The van der Waals surface area contributed by atoms with Gasteiger partial charge in [0.2, 0.25) is 0 Å². The standard InChI is InChI=1S/C14H17NO5S/c1-18-13-4-3-12(11-14(13)19-2)5-10-21(16,17)15-6-8-20-9-7-15/h3-4,11H,6-9H2,1-2H3. The summed E-state index contributed by atoms with van der Waals surface area (Å²) in [6, 6.07) is 5.01. The quantitative estimate of drug-likeness (QED) is 0.768. The Morgan fingerprint density at radius 3 is 2.43 bits per heavy atom. The fraction of sp³-hybridized carbons (Fsp3) is 0.429. The van der Waals surface area contributed by atoms with Gasteiger partial charge in [-0.1, -0.05) is 0 Å². The number of methoxy groups -OCH3 is 2. The summed E-state index contributed by atoms with van der Waals surface area (Å²) in [7, 11) is -0.549. The van der Waals surface area contributed by atoms with E-state index in [2.05, 4.69) is 11.2 Å². The van der Waals surface area contributed by atoms with Gasteiger partial charge in [0.15, 0.2) is 11.5 Å². The van der Waals surface area contributed by atoms with E-state index >= 15 is 0 Å². The van der Waals surface area contributed by atoms with Crippen molar-refractivity contribution in [2.45, 2.75) is 0 Å². The predicted molar refractivity (Wildman–Crippen MR) is 77.7 cm³/mol. The second-order valence-corrected chi connectivity index (χ2v) is 5.98. The minimum absolute atomic E-state index is 0.336. The van der Waals surface area contributed by atoms with E-state index in [9.17, 15) is 8.42 Å². The van der Waals surface area contributed by atoms with E-state index in [1.807, 2.05) is 0 Å². The average Bonchev–Trinajstić information content (AvgIpc) is 2.53. The Morgan fingerprint density at radius 1 is 1.14 bits per heavy atom. The molecule has 1 aromatic carbocycles. The van der Waals surface area contributed by atoms with Crippen LogP contribution in [-0.4, -0.2) is 53.2 Å². The van der Waals surface area contributed by atoms with Gasteiger partial charge in [0.05, 0.1) is 27.4 Å². The summed E-state index contributed by atoms with van der Waals surface area (Å²) >= 11 is 0. The van der Waals surface area contributed by atoms with Crippen LogP contribution in [0.25, 0.3) is 0 Å². The molecule has 0 amide bonds. The van der Waals surface area contributed by atoms with Crippen molar-refractivity contribution >= 4 is 10.0 Å². The average molecular weight is 311 g/mol. The molecule has 1 aliphatic rings. The number of hydrogen-bond acceptors (Lipinski definition) is 5. The fourth-order valence-corrected chi connectivity index (χ4v) is 2.89. The molecule has 0 N–H and O–H groups in total. The van der Waals surface area contributed by atoms with Gasteiger partial charge in [-0.3, -0.25) is 0 Å². The third-order valence-electron chi connectivity index (χ3n) is 3.02. The van der Waals surface area contributed by atoms with Gasteiger partial charge in [0.25, 0.3) is 10.0 Å². The number of sulfonamides is 1. The van der Waals surface area contributed by atoms with Crippen molar-refractivity contribution in [1.82, 2.24) is 4.31 Å². The summed E-state index contributed by atoms with van der Waals surface area (Å²) < 4.78 is 40.9. The van der Waals surface area contributed by atoms with Crippen LogP contribution in [0.15, 0.2) is 18.2 Å². The van der Waals surface area contributed by atoms with Crippen LogP contribution in [0.4, 0.5) is 0 Å². The van der Waals surface area contributed by atoms with Crippen molar-refractivity contribution in [2.75, 3.05) is 40.5 Å². The first-order valence-electron chi connectivity index (χ1n) is 6.39. The van der Waals surface area contributed by atoms with Crippen LogP contribution < -0.4 is 9.47 Å². The number of hydrogen-bond donors (Lipinski definition) is 0. The van der Waals surface area contributed by atoms with E-state index in [1.165, 1.54) is 18.5 Å². The van der Waals surface area contributed by atoms with Gasteiger partial charge in [-0.2, -0.15) is 12.7 Å². The monoisotopic (exact) mass is 311 g/mol. The highest BCUT2D eigenvalue weighted by molar-refractivity contribution is 7.93. The lowest BCUT2D eigenvalue weighted by Gasteiger charge is -2.23. The first-order valence-corrected chi connectivity index (χ1v) is 7.83. The van der Waals surface area contributed by atoms with Crippen LogP contribution in [0.5, 0.6) is 11.5 Å². The van der Waals surface area contributed by atoms with Gasteiger partial charge in [-0.25, -0.2) is 0 Å². The van der Waals surface area contributed by atoms with E-state index < -0.39 is 10.0 Å². The molecule has 0 atom stereocenters. The lowest BCUT2D eigenvalue weighted by atomic mass is 10.2. The molecule has 0 spiro atoms. The molecule has 7 heteroatoms. The van der Waals surface area contributed by atoms with E-state index in [-0.39, 0.29) is 0 Å². The van der Waals surface area contributed by atoms with Gasteiger partial charge >= 0.3 is 0 Å². The Hall–Kier alpha value is -1.75. The molecule has 1 heterocycles. The number of rotatable bonds is 3. The van der Waals surface area contributed by atoms with Crippen LogP contribution in [0.2, 0.25) is 0 Å². The smallest absolute Gasteiger partial charge is 0.283 e. The molecule has 21 heavy (non-hydrogen) atoms. The van der Waals surface area contributed by atoms with Crippen molar-refractivity contribution < 1.29 is 22.6 Å². The van der Waals surface area contributed by atoms with Gasteiger partial charge in [0.1, 0.15) is 0 Å². The number of nitrogens with zero attached hydrogens (tertiary/aromatic N) is 1. The first-order chi connectivity index (χ1) is 10.1. The van der Waals surface area contributed by atoms with Crippen molar-refractivity contribution in [1.29, 1.82) is 0 Å². The Morgan fingerprint density at radius 2 is 1.81 bits per heavy atom. The largest absolute Gasteiger partial charge is 0.493 e. The van der Waals surface area contributed by atoms with Crippen LogP contribution in [0.3, 0.4) is 0 Å². The van der Waals surface area contributed by atoms with E-state index in [1.54, 1.807) is 18.2 Å². The Bertz CT molecular complexity index is 654. The number of benzene rings is 1. The summed E-state index contributed by atoms with van der Waals surface area (Å²) in [4.78, 5) is 0. The summed E-state index contributed by atoms with van der Waals surface area (Å²) in [5, 5.41) is 2.33. The van der Waals surface area contributed by atoms with Crippen LogP contribution in [0.1, 0.15) is 5.56 Å². The lowest BCUT2D eigenvalue weighted by Crippen LogP contribution is -2.39. The molecule has 1 aromatic rings. The first kappa shape index (κ1) is 15.6. The van der Waals surface area contributed by atoms with Crippen LogP contribution >= 0.6 is 0 Å². The van der Waals surface area contributed by atoms with Crippen LogP contribution in [0, 0.1) is 11.2 Å². The Labute approximate surface area is 124 Å². The summed E-state index contributed by atoms with van der Waals surface area (Å²) in [6.07, 6.45) is 0. The van der Waals surface area contributed by atoms with E-state index in [4.69, 9.17) is 14.2 Å². The van der Waals surface area contributed by atoms with Crippen molar-refractivity contribution in [3.8, 4) is 22.7 Å². The van der Waals surface area contributed by atoms with Crippen molar-refractivity contribution in [2.24, 2.45) is 0 Å². The van der Waals surface area contributed by atoms with Gasteiger partial charge in [-0.15, -0.1) is 0 Å². The van der Waals surface area contributed by atoms with Crippen molar-refractivity contribution in [3.63, 3.8) is 0 Å². The zero-order chi connectivity index (χ0) is 15.3. The molecule has 1 fully saturated rings. The lowest BCUT2D eigenvalue weighted by molar-refractivity contribution is 0.0737. The topological polar surface area (TPSA) is 65.1 Å². The van der Waals surface area contributed by atoms with Gasteiger partial charge in [0, 0.05) is 23.9 Å². The third-order valence-corrected chi connectivity index (χ3v) is 4.42. The Balaban J connectivity index is 2.21.